The summed E-state index contributed by atoms with van der Waals surface area (Å²) in [7, 11) is 0. The van der Waals surface area contributed by atoms with Crippen molar-refractivity contribution in [2.24, 2.45) is 0 Å². The smallest absolute Gasteiger partial charge is 0.263 e. The fraction of sp³-hybridized carbons (Fsp3) is 0.409. The van der Waals surface area contributed by atoms with Crippen LogP contribution in [0.2, 0.25) is 0 Å². The first kappa shape index (κ1) is 20.5. The molecule has 3 heterocycles. The van der Waals surface area contributed by atoms with Crippen LogP contribution in [-0.2, 0) is 6.42 Å². The highest BCUT2D eigenvalue weighted by Crippen LogP contribution is 2.32. The highest BCUT2D eigenvalue weighted by atomic mass is 35.5. The van der Waals surface area contributed by atoms with Crippen LogP contribution in [0.25, 0.3) is 11.0 Å². The van der Waals surface area contributed by atoms with Gasteiger partial charge in [0.2, 0.25) is 5.95 Å². The molecule has 1 aliphatic carbocycles. The SMILES string of the molecule is CC(=O)c1c(C)c2cnc(Nc3ccc(CCCl)cn3)nc2n(C2CCCC2)c1=O. The van der Waals surface area contributed by atoms with E-state index in [9.17, 15) is 9.59 Å². The van der Waals surface area contributed by atoms with E-state index in [1.165, 1.54) is 6.92 Å². The van der Waals surface area contributed by atoms with Gasteiger partial charge in [-0.15, -0.1) is 11.6 Å². The molecule has 1 N–H and O–H groups in total. The number of nitrogens with one attached hydrogen (secondary N) is 1. The van der Waals surface area contributed by atoms with Gasteiger partial charge in [-0.3, -0.25) is 14.2 Å². The van der Waals surface area contributed by atoms with E-state index in [0.29, 0.717) is 28.9 Å². The number of halogens is 1. The molecule has 0 saturated heterocycles. The van der Waals surface area contributed by atoms with E-state index in [4.69, 9.17) is 11.6 Å². The van der Waals surface area contributed by atoms with Crippen LogP contribution in [0.15, 0.2) is 29.3 Å². The van der Waals surface area contributed by atoms with Crippen LogP contribution in [-0.4, -0.2) is 31.2 Å². The average molecular weight is 426 g/mol. The Morgan fingerprint density at radius 2 is 2.00 bits per heavy atom. The Hall–Kier alpha value is -2.80. The molecule has 4 rings (SSSR count). The van der Waals surface area contributed by atoms with Gasteiger partial charge in [-0.2, -0.15) is 4.98 Å². The van der Waals surface area contributed by atoms with Crippen LogP contribution in [0.4, 0.5) is 11.8 Å². The van der Waals surface area contributed by atoms with E-state index in [2.05, 4.69) is 20.3 Å². The second kappa shape index (κ2) is 8.52. The van der Waals surface area contributed by atoms with Crippen molar-refractivity contribution in [2.45, 2.75) is 52.0 Å². The molecule has 0 aliphatic heterocycles. The van der Waals surface area contributed by atoms with Crippen molar-refractivity contribution in [3.05, 3.63) is 51.6 Å². The first-order chi connectivity index (χ1) is 14.5. The van der Waals surface area contributed by atoms with Crippen molar-refractivity contribution in [3.63, 3.8) is 0 Å². The number of anilines is 2. The molecule has 8 heteroatoms. The van der Waals surface area contributed by atoms with Crippen LogP contribution >= 0.6 is 11.6 Å². The molecule has 3 aromatic heterocycles. The zero-order chi connectivity index (χ0) is 21.3. The van der Waals surface area contributed by atoms with Crippen molar-refractivity contribution in [2.75, 3.05) is 11.2 Å². The van der Waals surface area contributed by atoms with Gasteiger partial charge in [0.1, 0.15) is 11.5 Å². The van der Waals surface area contributed by atoms with E-state index in [1.807, 2.05) is 12.1 Å². The number of ketones is 1. The maximum Gasteiger partial charge on any atom is 0.263 e. The number of aromatic nitrogens is 4. The number of fused-ring (bicyclic) bond motifs is 1. The van der Waals surface area contributed by atoms with Crippen LogP contribution < -0.4 is 10.9 Å². The van der Waals surface area contributed by atoms with Crippen LogP contribution in [0, 0.1) is 6.92 Å². The Labute approximate surface area is 179 Å². The Bertz CT molecular complexity index is 1150. The molecule has 3 aromatic rings. The topological polar surface area (TPSA) is 89.8 Å². The summed E-state index contributed by atoms with van der Waals surface area (Å²) < 4.78 is 1.70. The minimum absolute atomic E-state index is 0.0504. The number of alkyl halides is 1. The largest absolute Gasteiger partial charge is 0.309 e. The predicted octanol–water partition coefficient (Wildman–Crippen LogP) is 4.34. The zero-order valence-electron chi connectivity index (χ0n) is 17.1. The number of rotatable bonds is 6. The van der Waals surface area contributed by atoms with E-state index in [-0.39, 0.29) is 22.9 Å². The second-order valence-electron chi connectivity index (χ2n) is 7.72. The molecule has 0 unspecified atom stereocenters. The molecule has 0 bridgehead atoms. The maximum atomic E-state index is 13.2. The molecule has 0 atom stereocenters. The highest BCUT2D eigenvalue weighted by Gasteiger charge is 2.25. The van der Waals surface area contributed by atoms with Crippen LogP contribution in [0.1, 0.15) is 60.1 Å². The Balaban J connectivity index is 1.81. The molecule has 1 fully saturated rings. The first-order valence-electron chi connectivity index (χ1n) is 10.2. The third-order valence-electron chi connectivity index (χ3n) is 5.70. The van der Waals surface area contributed by atoms with E-state index < -0.39 is 0 Å². The van der Waals surface area contributed by atoms with Gasteiger partial charge in [-0.1, -0.05) is 18.9 Å². The fourth-order valence-corrected chi connectivity index (χ4v) is 4.40. The monoisotopic (exact) mass is 425 g/mol. The van der Waals surface area contributed by atoms with Crippen molar-refractivity contribution < 1.29 is 4.79 Å². The number of aryl methyl sites for hydroxylation is 2. The summed E-state index contributed by atoms with van der Waals surface area (Å²) in [6.07, 6.45) is 8.15. The fourth-order valence-electron chi connectivity index (χ4n) is 4.18. The number of pyridine rings is 2. The Morgan fingerprint density at radius 1 is 1.23 bits per heavy atom. The van der Waals surface area contributed by atoms with Gasteiger partial charge < -0.3 is 5.32 Å². The van der Waals surface area contributed by atoms with Crippen molar-refractivity contribution in [1.29, 1.82) is 0 Å². The number of hydrogen-bond acceptors (Lipinski definition) is 6. The highest BCUT2D eigenvalue weighted by molar-refractivity contribution is 6.18. The van der Waals surface area contributed by atoms with E-state index in [0.717, 1.165) is 43.1 Å². The summed E-state index contributed by atoms with van der Waals surface area (Å²) >= 11 is 5.77. The number of Topliss-reactive ketones (excluding diaryl/α,β-unsaturated/α-hetero) is 1. The Kier molecular flexibility index (Phi) is 5.81. The molecule has 1 aliphatic rings. The summed E-state index contributed by atoms with van der Waals surface area (Å²) in [5, 5.41) is 3.84. The lowest BCUT2D eigenvalue weighted by Crippen LogP contribution is -2.30. The summed E-state index contributed by atoms with van der Waals surface area (Å²) in [5.74, 6) is 1.29. The normalized spacial score (nSPS) is 14.4. The predicted molar refractivity (Wildman–Crippen MR) is 118 cm³/mol. The van der Waals surface area contributed by atoms with Crippen molar-refractivity contribution >= 4 is 40.2 Å². The lowest BCUT2D eigenvalue weighted by molar-refractivity contribution is 0.101. The minimum atomic E-state index is -0.257. The molecule has 1 saturated carbocycles. The second-order valence-corrected chi connectivity index (χ2v) is 8.09. The van der Waals surface area contributed by atoms with Gasteiger partial charge in [-0.05, 0) is 50.3 Å². The summed E-state index contributed by atoms with van der Waals surface area (Å²) in [5.41, 5.74) is 2.22. The van der Waals surface area contributed by atoms with Gasteiger partial charge in [0.05, 0.1) is 5.56 Å². The minimum Gasteiger partial charge on any atom is -0.309 e. The molecule has 30 heavy (non-hydrogen) atoms. The molecule has 0 aromatic carbocycles. The molecule has 0 amide bonds. The number of carbonyl (C=O) groups excluding carboxylic acids is 1. The molecule has 156 valence electrons. The summed E-state index contributed by atoms with van der Waals surface area (Å²) in [4.78, 5) is 38.9. The lowest BCUT2D eigenvalue weighted by Gasteiger charge is -2.19. The average Bonchev–Trinajstić information content (AvgIpc) is 3.24. The standard InChI is InChI=1S/C22H24ClN5O2/c1-13-17-12-25-22(26-18-8-7-15(9-10-23)11-24-18)27-20(17)28(16-5-3-4-6-16)21(30)19(13)14(2)29/h7-8,11-12,16H,3-6,9-10H2,1-2H3,(H,24,25,26,27). The molecule has 0 spiro atoms. The number of nitrogens with zero attached hydrogens (tertiary/aromatic N) is 4. The van der Waals surface area contributed by atoms with E-state index in [1.54, 1.807) is 23.9 Å². The van der Waals surface area contributed by atoms with Gasteiger partial charge in [-0.25, -0.2) is 9.97 Å². The quantitative estimate of drug-likeness (QED) is 0.466. The van der Waals surface area contributed by atoms with Gasteiger partial charge in [0.15, 0.2) is 5.78 Å². The molecular weight excluding hydrogens is 402 g/mol. The maximum absolute atomic E-state index is 13.2. The van der Waals surface area contributed by atoms with Crippen LogP contribution in [0.3, 0.4) is 0 Å². The van der Waals surface area contributed by atoms with Gasteiger partial charge >= 0.3 is 0 Å². The Morgan fingerprint density at radius 3 is 2.63 bits per heavy atom. The summed E-state index contributed by atoms with van der Waals surface area (Å²) in [6.45, 7) is 3.22. The number of carbonyl (C=O) groups is 1. The third kappa shape index (κ3) is 3.81. The van der Waals surface area contributed by atoms with Crippen LogP contribution in [0.5, 0.6) is 0 Å². The molecule has 0 radical (unpaired) electrons. The van der Waals surface area contributed by atoms with Gasteiger partial charge in [0.25, 0.3) is 5.56 Å². The van der Waals surface area contributed by atoms with Crippen molar-refractivity contribution in [3.8, 4) is 0 Å². The first-order valence-corrected chi connectivity index (χ1v) is 10.7. The lowest BCUT2D eigenvalue weighted by atomic mass is 10.0. The van der Waals surface area contributed by atoms with Gasteiger partial charge in [0, 0.05) is 29.7 Å². The van der Waals surface area contributed by atoms with E-state index >= 15 is 0 Å². The van der Waals surface area contributed by atoms with Crippen molar-refractivity contribution in [1.82, 2.24) is 19.5 Å². The number of hydrogen-bond donors (Lipinski definition) is 1. The zero-order valence-corrected chi connectivity index (χ0v) is 17.9. The third-order valence-corrected chi connectivity index (χ3v) is 5.89. The molecule has 7 nitrogen and oxygen atoms in total. The summed E-state index contributed by atoms with van der Waals surface area (Å²) in [6, 6.07) is 3.86. The molecular formula is C22H24ClN5O2.